The summed E-state index contributed by atoms with van der Waals surface area (Å²) in [4.78, 5) is 6.66. The second kappa shape index (κ2) is 9.16. The zero-order chi connectivity index (χ0) is 19.2. The monoisotopic (exact) mass is 385 g/mol. The molecule has 0 radical (unpaired) electrons. The maximum absolute atomic E-state index is 14.4. The number of nitrogens with zero attached hydrogens (tertiary/aromatic N) is 2. The zero-order valence-electron chi connectivity index (χ0n) is 15.8. The Hall–Kier alpha value is -2.17. The Morgan fingerprint density at radius 3 is 2.56 bits per heavy atom. The van der Waals surface area contributed by atoms with Gasteiger partial charge in [-0.15, -0.1) is 0 Å². The Balaban J connectivity index is 1.86. The Morgan fingerprint density at radius 2 is 1.81 bits per heavy atom. The van der Waals surface area contributed by atoms with E-state index in [1.165, 1.54) is 6.07 Å². The first-order valence-electron chi connectivity index (χ1n) is 9.42. The Bertz CT molecular complexity index is 907. The highest BCUT2D eigenvalue weighted by atomic mass is 35.5. The molecule has 1 heterocycles. The van der Waals surface area contributed by atoms with Crippen molar-refractivity contribution in [1.82, 2.24) is 9.88 Å². The van der Waals surface area contributed by atoms with Gasteiger partial charge in [0.15, 0.2) is 0 Å². The molecule has 0 fully saturated rings. The molecule has 27 heavy (non-hydrogen) atoms. The molecule has 1 N–H and O–H groups in total. The predicted octanol–water partition coefficient (Wildman–Crippen LogP) is 6.39. The van der Waals surface area contributed by atoms with E-state index in [-0.39, 0.29) is 5.82 Å². The summed E-state index contributed by atoms with van der Waals surface area (Å²) >= 11 is 6.06. The van der Waals surface area contributed by atoms with E-state index in [0.29, 0.717) is 17.1 Å². The van der Waals surface area contributed by atoms with Crippen molar-refractivity contribution in [2.45, 2.75) is 33.2 Å². The average Bonchev–Trinajstić information content (AvgIpc) is 2.65. The molecular formula is C22H25ClFN3. The minimum absolute atomic E-state index is 0.163. The van der Waals surface area contributed by atoms with Gasteiger partial charge in [0.05, 0.1) is 5.52 Å². The summed E-state index contributed by atoms with van der Waals surface area (Å²) in [7, 11) is 0. The number of pyridine rings is 1. The number of halogens is 2. The summed E-state index contributed by atoms with van der Waals surface area (Å²) in [6, 6.07) is 12.8. The van der Waals surface area contributed by atoms with Crippen LogP contribution in [0.4, 0.5) is 15.8 Å². The van der Waals surface area contributed by atoms with Gasteiger partial charge in [-0.2, -0.15) is 0 Å². The number of hydrogen-bond donors (Lipinski definition) is 1. The third-order valence-corrected chi connectivity index (χ3v) is 4.74. The molecule has 0 unspecified atom stereocenters. The van der Waals surface area contributed by atoms with Crippen molar-refractivity contribution in [2.24, 2.45) is 0 Å². The second-order valence-corrected chi connectivity index (χ2v) is 7.16. The molecule has 3 aromatic rings. The largest absolute Gasteiger partial charge is 0.355 e. The lowest BCUT2D eigenvalue weighted by Crippen LogP contribution is -2.25. The van der Waals surface area contributed by atoms with E-state index in [0.717, 1.165) is 48.2 Å². The highest BCUT2D eigenvalue weighted by molar-refractivity contribution is 6.31. The molecule has 0 spiro atoms. The number of aromatic nitrogens is 1. The lowest BCUT2D eigenvalue weighted by Gasteiger charge is -2.21. The molecule has 3 rings (SSSR count). The minimum Gasteiger partial charge on any atom is -0.355 e. The fourth-order valence-corrected chi connectivity index (χ4v) is 3.47. The van der Waals surface area contributed by atoms with Crippen molar-refractivity contribution in [2.75, 3.05) is 18.4 Å². The first-order chi connectivity index (χ1) is 13.1. The van der Waals surface area contributed by atoms with E-state index in [9.17, 15) is 4.39 Å². The van der Waals surface area contributed by atoms with Gasteiger partial charge in [0, 0.05) is 40.1 Å². The minimum atomic E-state index is -0.163. The highest BCUT2D eigenvalue weighted by Crippen LogP contribution is 2.28. The van der Waals surface area contributed by atoms with Gasteiger partial charge in [0.1, 0.15) is 5.82 Å². The first kappa shape index (κ1) is 19.6. The number of benzene rings is 2. The van der Waals surface area contributed by atoms with Crippen LogP contribution in [-0.4, -0.2) is 23.0 Å². The van der Waals surface area contributed by atoms with Crippen molar-refractivity contribution in [3.05, 3.63) is 65.1 Å². The second-order valence-electron chi connectivity index (χ2n) is 6.73. The molecule has 0 aliphatic carbocycles. The van der Waals surface area contributed by atoms with Crippen LogP contribution >= 0.6 is 11.6 Å². The van der Waals surface area contributed by atoms with Gasteiger partial charge >= 0.3 is 0 Å². The summed E-state index contributed by atoms with van der Waals surface area (Å²) in [6.07, 6.45) is 3.87. The van der Waals surface area contributed by atoms with Gasteiger partial charge in [-0.1, -0.05) is 25.4 Å². The molecule has 0 amide bonds. The van der Waals surface area contributed by atoms with Gasteiger partial charge in [-0.05, 0) is 68.4 Å². The van der Waals surface area contributed by atoms with Crippen LogP contribution in [0, 0.1) is 5.82 Å². The molecule has 142 valence electrons. The first-order valence-corrected chi connectivity index (χ1v) is 9.80. The van der Waals surface area contributed by atoms with Crippen molar-refractivity contribution in [3.63, 3.8) is 0 Å². The van der Waals surface area contributed by atoms with E-state index >= 15 is 0 Å². The van der Waals surface area contributed by atoms with E-state index in [4.69, 9.17) is 11.6 Å². The molecule has 2 aromatic carbocycles. The van der Waals surface area contributed by atoms with Crippen LogP contribution in [0.3, 0.4) is 0 Å². The Morgan fingerprint density at radius 1 is 1.04 bits per heavy atom. The normalized spacial score (nSPS) is 11.3. The molecule has 5 heteroatoms. The van der Waals surface area contributed by atoms with Gasteiger partial charge in [-0.3, -0.25) is 9.88 Å². The van der Waals surface area contributed by atoms with Crippen LogP contribution in [0.25, 0.3) is 10.9 Å². The van der Waals surface area contributed by atoms with Crippen LogP contribution < -0.4 is 5.32 Å². The fraction of sp³-hybridized carbons (Fsp3) is 0.318. The van der Waals surface area contributed by atoms with Gasteiger partial charge < -0.3 is 5.32 Å². The van der Waals surface area contributed by atoms with E-state index < -0.39 is 0 Å². The zero-order valence-corrected chi connectivity index (χ0v) is 16.6. The maximum Gasteiger partial charge on any atom is 0.127 e. The summed E-state index contributed by atoms with van der Waals surface area (Å²) in [5, 5.41) is 5.04. The number of nitrogens with one attached hydrogen (secondary N) is 1. The smallest absolute Gasteiger partial charge is 0.127 e. The Labute approximate surface area is 165 Å². The van der Waals surface area contributed by atoms with Crippen molar-refractivity contribution < 1.29 is 4.39 Å². The lowest BCUT2D eigenvalue weighted by atomic mass is 10.1. The number of hydrogen-bond acceptors (Lipinski definition) is 3. The van der Waals surface area contributed by atoms with Crippen LogP contribution in [-0.2, 0) is 6.54 Å². The molecule has 0 bridgehead atoms. The van der Waals surface area contributed by atoms with Crippen LogP contribution in [0.1, 0.15) is 32.3 Å². The van der Waals surface area contributed by atoms with Gasteiger partial charge in [0.2, 0.25) is 0 Å². The topological polar surface area (TPSA) is 28.2 Å². The van der Waals surface area contributed by atoms with E-state index in [2.05, 4.69) is 29.0 Å². The summed E-state index contributed by atoms with van der Waals surface area (Å²) in [5.74, 6) is -0.163. The average molecular weight is 386 g/mol. The van der Waals surface area contributed by atoms with Gasteiger partial charge in [0.25, 0.3) is 0 Å². The van der Waals surface area contributed by atoms with Crippen molar-refractivity contribution in [3.8, 4) is 0 Å². The molecule has 0 aliphatic heterocycles. The highest BCUT2D eigenvalue weighted by Gasteiger charge is 2.10. The van der Waals surface area contributed by atoms with Crippen LogP contribution in [0.2, 0.25) is 5.02 Å². The molecular weight excluding hydrogens is 361 g/mol. The lowest BCUT2D eigenvalue weighted by molar-refractivity contribution is 0.263. The third-order valence-electron chi connectivity index (χ3n) is 4.50. The van der Waals surface area contributed by atoms with Crippen molar-refractivity contribution >= 4 is 33.9 Å². The molecule has 0 saturated heterocycles. The summed E-state index contributed by atoms with van der Waals surface area (Å²) < 4.78 is 14.4. The molecule has 0 atom stereocenters. The number of fused-ring (bicyclic) bond motifs is 1. The SMILES string of the molecule is CCCN(CCC)Cc1cc(Nc2ccnc3cc(Cl)ccc23)ccc1F. The molecule has 3 nitrogen and oxygen atoms in total. The molecule has 0 saturated carbocycles. The third kappa shape index (κ3) is 4.96. The number of anilines is 2. The molecule has 1 aromatic heterocycles. The maximum atomic E-state index is 14.4. The van der Waals surface area contributed by atoms with Crippen molar-refractivity contribution in [1.29, 1.82) is 0 Å². The fourth-order valence-electron chi connectivity index (χ4n) is 3.30. The molecule has 0 aliphatic rings. The number of rotatable bonds is 8. The van der Waals surface area contributed by atoms with Crippen LogP contribution in [0.15, 0.2) is 48.7 Å². The van der Waals surface area contributed by atoms with E-state index in [1.807, 2.05) is 30.3 Å². The summed E-state index contributed by atoms with van der Waals surface area (Å²) in [6.45, 7) is 6.87. The Kier molecular flexibility index (Phi) is 6.64. The quantitative estimate of drug-likeness (QED) is 0.486. The van der Waals surface area contributed by atoms with E-state index in [1.54, 1.807) is 12.3 Å². The summed E-state index contributed by atoms with van der Waals surface area (Å²) in [5.41, 5.74) is 3.32. The predicted molar refractivity (Wildman–Crippen MR) is 112 cm³/mol. The van der Waals surface area contributed by atoms with Crippen LogP contribution in [0.5, 0.6) is 0 Å². The standard InChI is InChI=1S/C22H25ClFN3/c1-3-11-27(12-4-2)15-16-13-18(6-8-20(16)24)26-21-9-10-25-22-14-17(23)5-7-19(21)22/h5-10,13-14H,3-4,11-12,15H2,1-2H3,(H,25,26). The van der Waals surface area contributed by atoms with Gasteiger partial charge in [-0.25, -0.2) is 4.39 Å².